The number of hydrogen-bond donors (Lipinski definition) is 2. The van der Waals surface area contributed by atoms with E-state index in [-0.39, 0.29) is 5.91 Å². The highest BCUT2D eigenvalue weighted by molar-refractivity contribution is 5.87. The minimum atomic E-state index is 0.0622. The molecule has 4 rings (SSSR count). The molecule has 140 valence electrons. The van der Waals surface area contributed by atoms with E-state index in [0.717, 1.165) is 55.6 Å². The second kappa shape index (κ2) is 8.35. The van der Waals surface area contributed by atoms with Gasteiger partial charge >= 0.3 is 0 Å². The Morgan fingerprint density at radius 2 is 1.96 bits per heavy atom. The molecule has 0 spiro atoms. The Bertz CT molecular complexity index is 889. The average molecular weight is 362 g/mol. The Balaban J connectivity index is 1.21. The number of amides is 1. The van der Waals surface area contributed by atoms with Crippen molar-refractivity contribution < 1.29 is 4.79 Å². The van der Waals surface area contributed by atoms with Crippen molar-refractivity contribution >= 4 is 16.8 Å². The van der Waals surface area contributed by atoms with Crippen molar-refractivity contribution in [2.24, 2.45) is 5.92 Å². The van der Waals surface area contributed by atoms with Gasteiger partial charge in [0, 0.05) is 25.0 Å². The molecule has 5 heteroatoms. The van der Waals surface area contributed by atoms with E-state index < -0.39 is 0 Å². The number of fused-ring (bicyclic) bond motifs is 1. The molecule has 27 heavy (non-hydrogen) atoms. The third-order valence-corrected chi connectivity index (χ3v) is 5.40. The molecule has 2 N–H and O–H groups in total. The molecule has 2 aromatic carbocycles. The molecule has 1 amide bonds. The van der Waals surface area contributed by atoms with Crippen LogP contribution in [0.15, 0.2) is 54.6 Å². The Kier molecular flexibility index (Phi) is 5.49. The van der Waals surface area contributed by atoms with Crippen molar-refractivity contribution in [3.63, 3.8) is 0 Å². The first-order chi connectivity index (χ1) is 13.3. The largest absolute Gasteiger partial charge is 0.355 e. The summed E-state index contributed by atoms with van der Waals surface area (Å²) in [5, 5.41) is 11.4. The van der Waals surface area contributed by atoms with Gasteiger partial charge < -0.3 is 10.2 Å². The first-order valence-electron chi connectivity index (χ1n) is 9.73. The molecule has 1 aliphatic heterocycles. The molecule has 0 aliphatic carbocycles. The molecule has 1 unspecified atom stereocenters. The van der Waals surface area contributed by atoms with Crippen LogP contribution in [0.5, 0.6) is 0 Å². The summed E-state index contributed by atoms with van der Waals surface area (Å²) < 4.78 is 0. The highest BCUT2D eigenvalue weighted by Crippen LogP contribution is 2.17. The van der Waals surface area contributed by atoms with E-state index in [4.69, 9.17) is 0 Å². The summed E-state index contributed by atoms with van der Waals surface area (Å²) in [5.41, 5.74) is 3.19. The first kappa shape index (κ1) is 17.7. The van der Waals surface area contributed by atoms with E-state index in [2.05, 4.69) is 50.7 Å². The Morgan fingerprint density at radius 1 is 1.15 bits per heavy atom. The van der Waals surface area contributed by atoms with E-state index in [1.807, 2.05) is 24.3 Å². The zero-order valence-corrected chi connectivity index (χ0v) is 15.5. The topological polar surface area (TPSA) is 61.0 Å². The summed E-state index contributed by atoms with van der Waals surface area (Å²) in [6.45, 7) is 4.04. The summed E-state index contributed by atoms with van der Waals surface area (Å²) >= 11 is 0. The van der Waals surface area contributed by atoms with E-state index in [0.29, 0.717) is 12.3 Å². The summed E-state index contributed by atoms with van der Waals surface area (Å²) in [6.07, 6.45) is 2.60. The number of aromatic nitrogens is 2. The van der Waals surface area contributed by atoms with Gasteiger partial charge in [0.25, 0.3) is 0 Å². The lowest BCUT2D eigenvalue weighted by Crippen LogP contribution is -2.32. The molecule has 0 saturated carbocycles. The van der Waals surface area contributed by atoms with Gasteiger partial charge in [-0.15, -0.1) is 0 Å². The third-order valence-electron chi connectivity index (χ3n) is 5.40. The predicted molar refractivity (Wildman–Crippen MR) is 108 cm³/mol. The zero-order valence-electron chi connectivity index (χ0n) is 15.5. The van der Waals surface area contributed by atoms with Crippen LogP contribution in [0.4, 0.5) is 0 Å². The molecule has 1 saturated heterocycles. The lowest BCUT2D eigenvalue weighted by molar-refractivity contribution is -0.120. The molecule has 1 aliphatic rings. The fraction of sp³-hybridized carbons (Fsp3) is 0.364. The molecule has 0 radical (unpaired) electrons. The maximum atomic E-state index is 12.3. The fourth-order valence-corrected chi connectivity index (χ4v) is 3.84. The van der Waals surface area contributed by atoms with Crippen molar-refractivity contribution in [2.45, 2.75) is 19.3 Å². The van der Waals surface area contributed by atoms with Gasteiger partial charge in [-0.05, 0) is 36.9 Å². The maximum Gasteiger partial charge on any atom is 0.226 e. The van der Waals surface area contributed by atoms with Crippen LogP contribution >= 0.6 is 0 Å². The number of carbonyl (C=O) groups is 1. The molecule has 1 fully saturated rings. The number of rotatable bonds is 7. The maximum absolute atomic E-state index is 12.3. The fourth-order valence-electron chi connectivity index (χ4n) is 3.84. The molecule has 1 atom stereocenters. The predicted octanol–water partition coefficient (Wildman–Crippen LogP) is 2.79. The van der Waals surface area contributed by atoms with Gasteiger partial charge in [-0.25, -0.2) is 0 Å². The van der Waals surface area contributed by atoms with Gasteiger partial charge in [0.2, 0.25) is 5.91 Å². The van der Waals surface area contributed by atoms with Crippen molar-refractivity contribution in [3.8, 4) is 0 Å². The van der Waals surface area contributed by atoms with E-state index in [1.54, 1.807) is 0 Å². The smallest absolute Gasteiger partial charge is 0.226 e. The number of likely N-dealkylation sites (tertiary alicyclic amines) is 1. The van der Waals surface area contributed by atoms with Crippen LogP contribution < -0.4 is 5.32 Å². The van der Waals surface area contributed by atoms with E-state index in [9.17, 15) is 4.79 Å². The second-order valence-corrected chi connectivity index (χ2v) is 7.39. The van der Waals surface area contributed by atoms with Crippen molar-refractivity contribution in [3.05, 3.63) is 65.9 Å². The quantitative estimate of drug-likeness (QED) is 0.679. The normalized spacial score (nSPS) is 17.4. The Morgan fingerprint density at radius 3 is 2.85 bits per heavy atom. The van der Waals surface area contributed by atoms with Crippen LogP contribution in [0.25, 0.3) is 10.9 Å². The zero-order chi connectivity index (χ0) is 18.5. The lowest BCUT2D eigenvalue weighted by Gasteiger charge is -2.16. The van der Waals surface area contributed by atoms with Crippen LogP contribution in [0, 0.1) is 5.92 Å². The second-order valence-electron chi connectivity index (χ2n) is 7.39. The van der Waals surface area contributed by atoms with Gasteiger partial charge in [0.05, 0.1) is 17.6 Å². The molecular weight excluding hydrogens is 336 g/mol. The van der Waals surface area contributed by atoms with Crippen molar-refractivity contribution in [1.82, 2.24) is 20.4 Å². The van der Waals surface area contributed by atoms with Crippen LogP contribution in [-0.4, -0.2) is 47.2 Å². The third kappa shape index (κ3) is 4.55. The number of para-hydroxylation sites is 1. The van der Waals surface area contributed by atoms with Gasteiger partial charge in [0.1, 0.15) is 0 Å². The minimum absolute atomic E-state index is 0.0622. The standard InChI is InChI=1S/C22H26N4O/c27-22(14-21-19-8-4-5-9-20(19)24-25-21)23-15-18-11-13-26(16-18)12-10-17-6-2-1-3-7-17/h1-9,18H,10-16H2,(H,23,27)(H,24,25). The number of carbonyl (C=O) groups excluding carboxylic acids is 1. The summed E-state index contributed by atoms with van der Waals surface area (Å²) in [5.74, 6) is 0.607. The molecule has 0 bridgehead atoms. The van der Waals surface area contributed by atoms with Gasteiger partial charge in [-0.3, -0.25) is 9.89 Å². The summed E-state index contributed by atoms with van der Waals surface area (Å²) in [6, 6.07) is 18.5. The monoisotopic (exact) mass is 362 g/mol. The number of nitrogens with zero attached hydrogens (tertiary/aromatic N) is 2. The first-order valence-corrected chi connectivity index (χ1v) is 9.73. The Hall–Kier alpha value is -2.66. The lowest BCUT2D eigenvalue weighted by atomic mass is 10.1. The minimum Gasteiger partial charge on any atom is -0.355 e. The van der Waals surface area contributed by atoms with Gasteiger partial charge in [-0.2, -0.15) is 5.10 Å². The molecule has 1 aromatic heterocycles. The van der Waals surface area contributed by atoms with Crippen LogP contribution in [-0.2, 0) is 17.6 Å². The van der Waals surface area contributed by atoms with Crippen LogP contribution in [0.1, 0.15) is 17.7 Å². The number of aromatic amines is 1. The number of hydrogen-bond acceptors (Lipinski definition) is 3. The molecule has 3 aromatic rings. The van der Waals surface area contributed by atoms with E-state index >= 15 is 0 Å². The average Bonchev–Trinajstić information content (AvgIpc) is 3.33. The Labute approximate surface area is 159 Å². The number of H-pyrrole nitrogens is 1. The highest BCUT2D eigenvalue weighted by Gasteiger charge is 2.22. The van der Waals surface area contributed by atoms with Crippen LogP contribution in [0.3, 0.4) is 0 Å². The van der Waals surface area contributed by atoms with Gasteiger partial charge in [-0.1, -0.05) is 48.5 Å². The number of nitrogens with one attached hydrogen (secondary N) is 2. The van der Waals surface area contributed by atoms with Crippen molar-refractivity contribution in [2.75, 3.05) is 26.2 Å². The number of benzene rings is 2. The van der Waals surface area contributed by atoms with Crippen molar-refractivity contribution in [1.29, 1.82) is 0 Å². The van der Waals surface area contributed by atoms with E-state index in [1.165, 1.54) is 5.56 Å². The SMILES string of the molecule is O=C(Cc1[nH]nc2ccccc12)NCC1CCN(CCc2ccccc2)C1. The summed E-state index contributed by atoms with van der Waals surface area (Å²) in [7, 11) is 0. The van der Waals surface area contributed by atoms with Crippen LogP contribution in [0.2, 0.25) is 0 Å². The highest BCUT2D eigenvalue weighted by atomic mass is 16.1. The molecule has 2 heterocycles. The molecule has 5 nitrogen and oxygen atoms in total. The summed E-state index contributed by atoms with van der Waals surface area (Å²) in [4.78, 5) is 14.8. The molecular formula is C22H26N4O. The van der Waals surface area contributed by atoms with Gasteiger partial charge in [0.15, 0.2) is 0 Å².